The molecule has 0 aliphatic heterocycles. The summed E-state index contributed by atoms with van der Waals surface area (Å²) >= 11 is 0. The standard InChI is InChI=1S/C11H16FN/c1-3-11(8(2)13)9-5-4-6-10(12)7-9/h4-8,11H,3,13H2,1-2H3. The summed E-state index contributed by atoms with van der Waals surface area (Å²) in [7, 11) is 0. The van der Waals surface area contributed by atoms with E-state index in [2.05, 4.69) is 6.92 Å². The Morgan fingerprint density at radius 2 is 2.15 bits per heavy atom. The highest BCUT2D eigenvalue weighted by Crippen LogP contribution is 2.22. The van der Waals surface area contributed by atoms with Crippen LogP contribution in [0.3, 0.4) is 0 Å². The predicted octanol–water partition coefficient (Wildman–Crippen LogP) is 2.67. The maximum atomic E-state index is 12.9. The van der Waals surface area contributed by atoms with Gasteiger partial charge in [0.15, 0.2) is 0 Å². The Labute approximate surface area is 78.8 Å². The van der Waals surface area contributed by atoms with E-state index in [0.717, 1.165) is 12.0 Å². The van der Waals surface area contributed by atoms with Crippen LogP contribution in [0.2, 0.25) is 0 Å². The molecule has 0 amide bonds. The largest absolute Gasteiger partial charge is 0.327 e. The highest BCUT2D eigenvalue weighted by atomic mass is 19.1. The lowest BCUT2D eigenvalue weighted by Crippen LogP contribution is -2.24. The second kappa shape index (κ2) is 4.38. The Hall–Kier alpha value is -0.890. The average Bonchev–Trinajstić information content (AvgIpc) is 2.04. The highest BCUT2D eigenvalue weighted by molar-refractivity contribution is 5.21. The summed E-state index contributed by atoms with van der Waals surface area (Å²) in [5.41, 5.74) is 6.80. The van der Waals surface area contributed by atoms with Gasteiger partial charge in [-0.25, -0.2) is 4.39 Å². The molecule has 0 spiro atoms. The average molecular weight is 181 g/mol. The van der Waals surface area contributed by atoms with Gasteiger partial charge in [-0.3, -0.25) is 0 Å². The van der Waals surface area contributed by atoms with Crippen LogP contribution in [0.15, 0.2) is 24.3 Å². The van der Waals surface area contributed by atoms with Crippen LogP contribution in [0.4, 0.5) is 4.39 Å². The van der Waals surface area contributed by atoms with E-state index in [4.69, 9.17) is 5.73 Å². The van der Waals surface area contributed by atoms with Crippen molar-refractivity contribution in [1.82, 2.24) is 0 Å². The van der Waals surface area contributed by atoms with Crippen molar-refractivity contribution in [3.05, 3.63) is 35.6 Å². The van der Waals surface area contributed by atoms with Crippen molar-refractivity contribution >= 4 is 0 Å². The molecule has 1 rings (SSSR count). The summed E-state index contributed by atoms with van der Waals surface area (Å²) in [6.07, 6.45) is 0.946. The Morgan fingerprint density at radius 3 is 2.62 bits per heavy atom. The van der Waals surface area contributed by atoms with E-state index in [9.17, 15) is 4.39 Å². The number of benzene rings is 1. The van der Waals surface area contributed by atoms with Gasteiger partial charge in [0, 0.05) is 6.04 Å². The molecule has 0 aliphatic rings. The van der Waals surface area contributed by atoms with Crippen molar-refractivity contribution in [3.8, 4) is 0 Å². The molecule has 13 heavy (non-hydrogen) atoms. The Morgan fingerprint density at radius 1 is 1.46 bits per heavy atom. The summed E-state index contributed by atoms with van der Waals surface area (Å²) < 4.78 is 12.9. The lowest BCUT2D eigenvalue weighted by molar-refractivity contribution is 0.546. The van der Waals surface area contributed by atoms with Gasteiger partial charge >= 0.3 is 0 Å². The van der Waals surface area contributed by atoms with Gasteiger partial charge in [-0.15, -0.1) is 0 Å². The first kappa shape index (κ1) is 10.2. The second-order valence-electron chi connectivity index (χ2n) is 3.43. The molecule has 2 N–H and O–H groups in total. The van der Waals surface area contributed by atoms with Gasteiger partial charge in [-0.1, -0.05) is 19.1 Å². The third-order valence-corrected chi connectivity index (χ3v) is 2.35. The minimum Gasteiger partial charge on any atom is -0.327 e. The highest BCUT2D eigenvalue weighted by Gasteiger charge is 2.13. The van der Waals surface area contributed by atoms with E-state index < -0.39 is 0 Å². The number of rotatable bonds is 3. The Kier molecular flexibility index (Phi) is 3.43. The molecule has 0 bridgehead atoms. The van der Waals surface area contributed by atoms with Gasteiger partial charge in [-0.2, -0.15) is 0 Å². The molecule has 0 heterocycles. The van der Waals surface area contributed by atoms with Crippen LogP contribution >= 0.6 is 0 Å². The van der Waals surface area contributed by atoms with Gasteiger partial charge in [0.2, 0.25) is 0 Å². The van der Waals surface area contributed by atoms with Crippen LogP contribution < -0.4 is 5.73 Å². The van der Waals surface area contributed by atoms with E-state index in [-0.39, 0.29) is 17.8 Å². The molecule has 0 fully saturated rings. The number of halogens is 1. The van der Waals surface area contributed by atoms with E-state index in [1.165, 1.54) is 6.07 Å². The fourth-order valence-corrected chi connectivity index (χ4v) is 1.65. The minimum absolute atomic E-state index is 0.0757. The summed E-state index contributed by atoms with van der Waals surface area (Å²) in [6, 6.07) is 6.76. The lowest BCUT2D eigenvalue weighted by Gasteiger charge is -2.19. The first-order chi connectivity index (χ1) is 6.15. The van der Waals surface area contributed by atoms with Crippen molar-refractivity contribution in [1.29, 1.82) is 0 Å². The molecule has 1 aromatic rings. The van der Waals surface area contributed by atoms with Crippen molar-refractivity contribution in [3.63, 3.8) is 0 Å². The SMILES string of the molecule is CCC(c1cccc(F)c1)C(C)N. The third-order valence-electron chi connectivity index (χ3n) is 2.35. The molecule has 0 saturated heterocycles. The molecule has 1 aromatic carbocycles. The fraction of sp³-hybridized carbons (Fsp3) is 0.455. The van der Waals surface area contributed by atoms with Crippen LogP contribution in [-0.4, -0.2) is 6.04 Å². The summed E-state index contributed by atoms with van der Waals surface area (Å²) in [4.78, 5) is 0. The van der Waals surface area contributed by atoms with Gasteiger partial charge in [0.1, 0.15) is 5.82 Å². The molecule has 2 atom stereocenters. The van der Waals surface area contributed by atoms with Crippen molar-refractivity contribution in [2.24, 2.45) is 5.73 Å². The molecule has 0 aromatic heterocycles. The molecule has 2 heteroatoms. The van der Waals surface area contributed by atoms with Crippen LogP contribution in [-0.2, 0) is 0 Å². The van der Waals surface area contributed by atoms with Gasteiger partial charge in [-0.05, 0) is 37.0 Å². The third kappa shape index (κ3) is 2.52. The van der Waals surface area contributed by atoms with Crippen molar-refractivity contribution < 1.29 is 4.39 Å². The molecule has 72 valence electrons. The Balaban J connectivity index is 2.91. The molecule has 0 aliphatic carbocycles. The summed E-state index contributed by atoms with van der Waals surface area (Å²) in [5, 5.41) is 0. The molecule has 2 unspecified atom stereocenters. The van der Waals surface area contributed by atoms with Crippen molar-refractivity contribution in [2.45, 2.75) is 32.2 Å². The maximum absolute atomic E-state index is 12.9. The zero-order chi connectivity index (χ0) is 9.84. The monoisotopic (exact) mass is 181 g/mol. The van der Waals surface area contributed by atoms with Gasteiger partial charge < -0.3 is 5.73 Å². The normalized spacial score (nSPS) is 15.4. The predicted molar refractivity (Wildman–Crippen MR) is 53.1 cm³/mol. The van der Waals surface area contributed by atoms with Gasteiger partial charge in [0.05, 0.1) is 0 Å². The zero-order valence-corrected chi connectivity index (χ0v) is 8.13. The molecule has 0 saturated carbocycles. The van der Waals surface area contributed by atoms with E-state index >= 15 is 0 Å². The fourth-order valence-electron chi connectivity index (χ4n) is 1.65. The number of hydrogen-bond donors (Lipinski definition) is 1. The molecule has 0 radical (unpaired) electrons. The van der Waals surface area contributed by atoms with Gasteiger partial charge in [0.25, 0.3) is 0 Å². The summed E-state index contributed by atoms with van der Waals surface area (Å²) in [5.74, 6) is 0.0762. The van der Waals surface area contributed by atoms with E-state index in [1.54, 1.807) is 12.1 Å². The molecular weight excluding hydrogens is 165 g/mol. The number of hydrogen-bond acceptors (Lipinski definition) is 1. The Bertz CT molecular complexity index is 271. The van der Waals surface area contributed by atoms with E-state index in [0.29, 0.717) is 0 Å². The van der Waals surface area contributed by atoms with Crippen LogP contribution in [0, 0.1) is 5.82 Å². The lowest BCUT2D eigenvalue weighted by atomic mass is 9.91. The van der Waals surface area contributed by atoms with Crippen LogP contribution in [0.25, 0.3) is 0 Å². The first-order valence-electron chi connectivity index (χ1n) is 4.66. The first-order valence-corrected chi connectivity index (χ1v) is 4.66. The topological polar surface area (TPSA) is 26.0 Å². The number of nitrogens with two attached hydrogens (primary N) is 1. The second-order valence-corrected chi connectivity index (χ2v) is 3.43. The van der Waals surface area contributed by atoms with E-state index in [1.807, 2.05) is 13.0 Å². The zero-order valence-electron chi connectivity index (χ0n) is 8.13. The summed E-state index contributed by atoms with van der Waals surface area (Å²) in [6.45, 7) is 4.03. The van der Waals surface area contributed by atoms with Crippen LogP contribution in [0.1, 0.15) is 31.7 Å². The minimum atomic E-state index is -0.184. The van der Waals surface area contributed by atoms with Crippen molar-refractivity contribution in [2.75, 3.05) is 0 Å². The van der Waals surface area contributed by atoms with Crippen LogP contribution in [0.5, 0.6) is 0 Å². The quantitative estimate of drug-likeness (QED) is 0.762. The maximum Gasteiger partial charge on any atom is 0.123 e. The smallest absolute Gasteiger partial charge is 0.123 e. The molecular formula is C11H16FN. The molecule has 1 nitrogen and oxygen atoms in total.